The Morgan fingerprint density at radius 3 is 2.26 bits per heavy atom. The SMILES string of the molecule is CC(C)[C@@H]1CCC[C@H](COC(=O)N2CCC(N3CCCCC3)CC2)N1S(=O)(=O)c1ccc(Cl)cc1. The van der Waals surface area contributed by atoms with Crippen molar-refractivity contribution in [3.8, 4) is 0 Å². The summed E-state index contributed by atoms with van der Waals surface area (Å²) in [5, 5.41) is 0.498. The molecule has 0 unspecified atom stereocenters. The topological polar surface area (TPSA) is 70.2 Å². The van der Waals surface area contributed by atoms with Crippen molar-refractivity contribution in [2.45, 2.75) is 88.2 Å². The third-order valence-corrected chi connectivity index (χ3v) is 10.2. The van der Waals surface area contributed by atoms with Crippen LogP contribution in [0, 0.1) is 5.92 Å². The lowest BCUT2D eigenvalue weighted by atomic mass is 9.91. The van der Waals surface area contributed by atoms with Gasteiger partial charge in [-0.2, -0.15) is 4.31 Å². The highest BCUT2D eigenvalue weighted by molar-refractivity contribution is 7.89. The maximum absolute atomic E-state index is 13.7. The number of ether oxygens (including phenoxy) is 1. The Labute approximate surface area is 215 Å². The third-order valence-electron chi connectivity index (χ3n) is 7.91. The van der Waals surface area contributed by atoms with Crippen LogP contribution < -0.4 is 0 Å². The lowest BCUT2D eigenvalue weighted by Crippen LogP contribution is -2.54. The number of rotatable bonds is 6. The van der Waals surface area contributed by atoms with Crippen molar-refractivity contribution in [3.05, 3.63) is 29.3 Å². The van der Waals surface area contributed by atoms with Gasteiger partial charge in [0, 0.05) is 30.2 Å². The Bertz CT molecular complexity index is 942. The zero-order valence-electron chi connectivity index (χ0n) is 21.1. The Balaban J connectivity index is 1.39. The van der Waals surface area contributed by atoms with E-state index in [-0.39, 0.29) is 35.6 Å². The molecule has 0 aliphatic carbocycles. The lowest BCUT2D eigenvalue weighted by molar-refractivity contribution is 0.0404. The monoisotopic (exact) mass is 525 g/mol. The van der Waals surface area contributed by atoms with Crippen molar-refractivity contribution < 1.29 is 17.9 Å². The highest BCUT2D eigenvalue weighted by atomic mass is 35.5. The van der Waals surface area contributed by atoms with Crippen molar-refractivity contribution in [2.75, 3.05) is 32.8 Å². The standard InChI is InChI=1S/C26H40ClN3O4S/c1-20(2)25-8-6-7-23(30(25)35(32,33)24-11-9-21(27)10-12-24)19-34-26(31)29-17-13-22(14-18-29)28-15-4-3-5-16-28/h9-12,20,22-23,25H,3-8,13-19H2,1-2H3/t23-,25+/m1/s1. The minimum absolute atomic E-state index is 0.0843. The lowest BCUT2D eigenvalue weighted by Gasteiger charge is -2.43. The Morgan fingerprint density at radius 1 is 0.971 bits per heavy atom. The minimum Gasteiger partial charge on any atom is -0.448 e. The van der Waals surface area contributed by atoms with Gasteiger partial charge >= 0.3 is 6.09 Å². The fraction of sp³-hybridized carbons (Fsp3) is 0.731. The van der Waals surface area contributed by atoms with Crippen LogP contribution in [-0.2, 0) is 14.8 Å². The van der Waals surface area contributed by atoms with Crippen molar-refractivity contribution in [1.82, 2.24) is 14.1 Å². The molecule has 2 atom stereocenters. The van der Waals surface area contributed by atoms with Crippen LogP contribution >= 0.6 is 11.6 Å². The molecule has 3 aliphatic rings. The largest absolute Gasteiger partial charge is 0.448 e. The number of sulfonamides is 1. The van der Waals surface area contributed by atoms with Crippen LogP contribution in [0.1, 0.15) is 65.2 Å². The summed E-state index contributed by atoms with van der Waals surface area (Å²) >= 11 is 5.99. The first kappa shape index (κ1) is 26.7. The number of carbonyl (C=O) groups is 1. The summed E-state index contributed by atoms with van der Waals surface area (Å²) < 4.78 is 34.7. The van der Waals surface area contributed by atoms with E-state index in [1.165, 1.54) is 32.4 Å². The van der Waals surface area contributed by atoms with E-state index in [2.05, 4.69) is 18.7 Å². The second kappa shape index (κ2) is 11.8. The number of carbonyl (C=O) groups excluding carboxylic acids is 1. The first-order valence-electron chi connectivity index (χ1n) is 13.2. The van der Waals surface area contributed by atoms with Gasteiger partial charge in [0.05, 0.1) is 10.9 Å². The summed E-state index contributed by atoms with van der Waals surface area (Å²) in [6.45, 7) is 7.93. The van der Waals surface area contributed by atoms with Gasteiger partial charge in [0.25, 0.3) is 0 Å². The van der Waals surface area contributed by atoms with Crippen LogP contribution in [0.5, 0.6) is 0 Å². The Kier molecular flexibility index (Phi) is 9.00. The van der Waals surface area contributed by atoms with Gasteiger partial charge in [-0.15, -0.1) is 0 Å². The van der Waals surface area contributed by atoms with Crippen molar-refractivity contribution in [3.63, 3.8) is 0 Å². The number of likely N-dealkylation sites (tertiary alicyclic amines) is 2. The Hall–Kier alpha value is -1.35. The molecule has 0 spiro atoms. The highest BCUT2D eigenvalue weighted by Gasteiger charge is 2.42. The van der Waals surface area contributed by atoms with Crippen LogP contribution in [0.25, 0.3) is 0 Å². The molecule has 1 aromatic carbocycles. The second-order valence-electron chi connectivity index (χ2n) is 10.6. The molecule has 0 saturated carbocycles. The van der Waals surface area contributed by atoms with E-state index < -0.39 is 10.0 Å². The number of halogens is 1. The van der Waals surface area contributed by atoms with Gasteiger partial charge in [-0.1, -0.05) is 38.3 Å². The molecule has 7 nitrogen and oxygen atoms in total. The summed E-state index contributed by atoms with van der Waals surface area (Å²) in [5.41, 5.74) is 0. The average molecular weight is 526 g/mol. The summed E-state index contributed by atoms with van der Waals surface area (Å²) in [6.07, 6.45) is 7.91. The molecule has 0 bridgehead atoms. The first-order chi connectivity index (χ1) is 16.8. The number of hydrogen-bond donors (Lipinski definition) is 0. The molecule has 4 rings (SSSR count). The molecule has 35 heavy (non-hydrogen) atoms. The predicted molar refractivity (Wildman–Crippen MR) is 138 cm³/mol. The summed E-state index contributed by atoms with van der Waals surface area (Å²) in [4.78, 5) is 17.5. The molecular weight excluding hydrogens is 486 g/mol. The van der Waals surface area contributed by atoms with E-state index in [4.69, 9.17) is 16.3 Å². The molecule has 0 radical (unpaired) electrons. The number of piperidine rings is 3. The molecule has 3 saturated heterocycles. The van der Waals surface area contributed by atoms with E-state index in [0.29, 0.717) is 30.6 Å². The van der Waals surface area contributed by atoms with Crippen LogP contribution in [0.2, 0.25) is 5.02 Å². The molecule has 1 aromatic rings. The summed E-state index contributed by atoms with van der Waals surface area (Å²) in [6, 6.07) is 6.37. The fourth-order valence-electron chi connectivity index (χ4n) is 5.93. The molecule has 3 fully saturated rings. The summed E-state index contributed by atoms with van der Waals surface area (Å²) in [7, 11) is -3.75. The molecule has 3 aliphatic heterocycles. The molecular formula is C26H40ClN3O4S. The van der Waals surface area contributed by atoms with E-state index >= 15 is 0 Å². The van der Waals surface area contributed by atoms with E-state index in [0.717, 1.165) is 25.7 Å². The minimum atomic E-state index is -3.75. The van der Waals surface area contributed by atoms with Gasteiger partial charge in [0.2, 0.25) is 10.0 Å². The zero-order chi connectivity index (χ0) is 25.0. The van der Waals surface area contributed by atoms with Gasteiger partial charge in [-0.3, -0.25) is 0 Å². The quantitative estimate of drug-likeness (QED) is 0.523. The number of amides is 1. The van der Waals surface area contributed by atoms with Gasteiger partial charge in [-0.05, 0) is 81.8 Å². The molecule has 1 amide bonds. The van der Waals surface area contributed by atoms with Gasteiger partial charge in [-0.25, -0.2) is 13.2 Å². The normalized spacial score (nSPS) is 25.7. The molecule has 9 heteroatoms. The van der Waals surface area contributed by atoms with E-state index in [1.807, 2.05) is 0 Å². The average Bonchev–Trinajstić information content (AvgIpc) is 2.87. The maximum Gasteiger partial charge on any atom is 0.409 e. The maximum atomic E-state index is 13.7. The van der Waals surface area contributed by atoms with Gasteiger partial charge in [0.15, 0.2) is 0 Å². The molecule has 3 heterocycles. The Morgan fingerprint density at radius 2 is 1.63 bits per heavy atom. The zero-order valence-corrected chi connectivity index (χ0v) is 22.6. The predicted octanol–water partition coefficient (Wildman–Crippen LogP) is 4.99. The van der Waals surface area contributed by atoms with Crippen molar-refractivity contribution >= 4 is 27.7 Å². The number of hydrogen-bond acceptors (Lipinski definition) is 5. The van der Waals surface area contributed by atoms with E-state index in [1.54, 1.807) is 33.5 Å². The number of nitrogens with zero attached hydrogens (tertiary/aromatic N) is 3. The van der Waals surface area contributed by atoms with Crippen molar-refractivity contribution in [2.24, 2.45) is 5.92 Å². The number of benzene rings is 1. The fourth-order valence-corrected chi connectivity index (χ4v) is 8.04. The van der Waals surface area contributed by atoms with Gasteiger partial charge in [0.1, 0.15) is 6.61 Å². The highest BCUT2D eigenvalue weighted by Crippen LogP contribution is 2.34. The van der Waals surface area contributed by atoms with Gasteiger partial charge < -0.3 is 14.5 Å². The molecule has 196 valence electrons. The summed E-state index contributed by atoms with van der Waals surface area (Å²) in [5.74, 6) is 0.157. The van der Waals surface area contributed by atoms with Crippen LogP contribution in [0.3, 0.4) is 0 Å². The smallest absolute Gasteiger partial charge is 0.409 e. The van der Waals surface area contributed by atoms with Crippen LogP contribution in [0.4, 0.5) is 4.79 Å². The second-order valence-corrected chi connectivity index (χ2v) is 12.9. The van der Waals surface area contributed by atoms with E-state index in [9.17, 15) is 13.2 Å². The van der Waals surface area contributed by atoms with Crippen LogP contribution in [0.15, 0.2) is 29.2 Å². The van der Waals surface area contributed by atoms with Crippen molar-refractivity contribution in [1.29, 1.82) is 0 Å². The third kappa shape index (κ3) is 6.32. The molecule has 0 N–H and O–H groups in total. The van der Waals surface area contributed by atoms with Crippen LogP contribution in [-0.4, -0.2) is 79.5 Å². The molecule has 0 aromatic heterocycles. The first-order valence-corrected chi connectivity index (χ1v) is 15.0.